The third-order valence-corrected chi connectivity index (χ3v) is 4.88. The summed E-state index contributed by atoms with van der Waals surface area (Å²) < 4.78 is 72.5. The fraction of sp³-hybridized carbons (Fsp3) is 0.619. The van der Waals surface area contributed by atoms with Crippen LogP contribution in [0.5, 0.6) is 0 Å². The van der Waals surface area contributed by atoms with Crippen LogP contribution >= 0.6 is 0 Å². The topological polar surface area (TPSA) is 87.9 Å². The lowest BCUT2D eigenvalue weighted by Gasteiger charge is -2.35. The number of hydrogen-bond acceptors (Lipinski definition) is 5. The lowest BCUT2D eigenvalue weighted by Crippen LogP contribution is -2.52. The zero-order valence-electron chi connectivity index (χ0n) is 18.7. The monoisotopic (exact) mass is 480 g/mol. The van der Waals surface area contributed by atoms with Crippen LogP contribution in [0.25, 0.3) is 0 Å². The molecule has 1 saturated heterocycles. The molecular weight excluding hydrogens is 451 g/mol. The number of rotatable bonds is 8. The van der Waals surface area contributed by atoms with Crippen molar-refractivity contribution >= 4 is 23.2 Å². The van der Waals surface area contributed by atoms with Crippen LogP contribution in [-0.4, -0.2) is 68.6 Å². The number of benzene rings is 1. The lowest BCUT2D eigenvalue weighted by molar-refractivity contribution is -0.137. The van der Waals surface area contributed by atoms with Gasteiger partial charge in [-0.15, -0.1) is 0 Å². The second-order valence-corrected chi connectivity index (χ2v) is 8.95. The van der Waals surface area contributed by atoms with Gasteiger partial charge in [0.1, 0.15) is 12.6 Å². The maximum Gasteiger partial charge on any atom is 0.418 e. The molecule has 7 nitrogen and oxygen atoms in total. The van der Waals surface area contributed by atoms with Crippen molar-refractivity contribution in [2.45, 2.75) is 39.4 Å². The third-order valence-electron chi connectivity index (χ3n) is 4.88. The summed E-state index contributed by atoms with van der Waals surface area (Å²) in [6.45, 7) is 4.33. The number of carbonyl (C=O) groups excluding carboxylic acids is 2. The average molecular weight is 480 g/mol. The van der Waals surface area contributed by atoms with Crippen molar-refractivity contribution in [3.63, 3.8) is 0 Å². The van der Waals surface area contributed by atoms with Gasteiger partial charge in [0.2, 0.25) is 5.91 Å². The van der Waals surface area contributed by atoms with E-state index in [0.717, 1.165) is 12.1 Å². The molecule has 1 aromatic rings. The molecule has 1 aliphatic rings. The van der Waals surface area contributed by atoms with Crippen LogP contribution in [0.3, 0.4) is 0 Å². The number of alkyl halides is 5. The van der Waals surface area contributed by atoms with Crippen LogP contribution in [0.1, 0.15) is 26.3 Å². The van der Waals surface area contributed by atoms with E-state index in [-0.39, 0.29) is 38.5 Å². The second kappa shape index (κ2) is 10.7. The van der Waals surface area contributed by atoms with Crippen molar-refractivity contribution in [2.24, 2.45) is 11.1 Å². The number of ether oxygens (including phenoxy) is 1. The van der Waals surface area contributed by atoms with Crippen LogP contribution in [0.4, 0.5) is 33.3 Å². The Morgan fingerprint density at radius 1 is 1.27 bits per heavy atom. The van der Waals surface area contributed by atoms with Crippen LogP contribution in [0.15, 0.2) is 18.2 Å². The Hall–Kier alpha value is -2.31. The molecule has 0 aromatic heterocycles. The van der Waals surface area contributed by atoms with Gasteiger partial charge in [0.05, 0.1) is 24.4 Å². The van der Waals surface area contributed by atoms with Crippen molar-refractivity contribution < 1.29 is 36.3 Å². The van der Waals surface area contributed by atoms with Crippen LogP contribution in [0, 0.1) is 5.41 Å². The number of carbonyl (C=O) groups is 2. The summed E-state index contributed by atoms with van der Waals surface area (Å²) in [7, 11) is 0. The zero-order chi connectivity index (χ0) is 25.0. The van der Waals surface area contributed by atoms with E-state index in [1.807, 2.05) is 0 Å². The number of nitrogens with zero attached hydrogens (tertiary/aromatic N) is 2. The quantitative estimate of drug-likeness (QED) is 0.559. The van der Waals surface area contributed by atoms with Gasteiger partial charge >= 0.3 is 6.18 Å². The highest BCUT2D eigenvalue weighted by atomic mass is 19.4. The SMILES string of the molecule is CC(C)(C)CN(CC(F)F)[C@@H](CN)C(=O)Nc1ccc(N2CCOCC2=O)cc1C(F)(F)F. The number of anilines is 2. The van der Waals surface area contributed by atoms with Gasteiger partial charge in [0, 0.05) is 25.3 Å². The van der Waals surface area contributed by atoms with Crippen molar-refractivity contribution in [1.82, 2.24) is 4.90 Å². The van der Waals surface area contributed by atoms with Gasteiger partial charge in [0.25, 0.3) is 12.3 Å². The first kappa shape index (κ1) is 26.9. The van der Waals surface area contributed by atoms with E-state index < -0.39 is 53.7 Å². The van der Waals surface area contributed by atoms with E-state index in [1.54, 1.807) is 20.8 Å². The molecule has 0 radical (unpaired) electrons. The Bertz CT molecular complexity index is 842. The highest BCUT2D eigenvalue weighted by Gasteiger charge is 2.37. The maximum atomic E-state index is 13.8. The fourth-order valence-electron chi connectivity index (χ4n) is 3.56. The summed E-state index contributed by atoms with van der Waals surface area (Å²) in [6, 6.07) is 1.81. The molecule has 2 rings (SSSR count). The molecule has 2 amide bonds. The maximum absolute atomic E-state index is 13.8. The third kappa shape index (κ3) is 7.61. The number of hydrogen-bond donors (Lipinski definition) is 2. The molecule has 1 fully saturated rings. The van der Waals surface area contributed by atoms with Crippen LogP contribution < -0.4 is 16.0 Å². The molecular formula is C21H29F5N4O3. The van der Waals surface area contributed by atoms with Gasteiger partial charge in [-0.1, -0.05) is 20.8 Å². The molecule has 1 atom stereocenters. The van der Waals surface area contributed by atoms with E-state index in [9.17, 15) is 31.5 Å². The van der Waals surface area contributed by atoms with Crippen LogP contribution in [0.2, 0.25) is 0 Å². The number of amides is 2. The summed E-state index contributed by atoms with van der Waals surface area (Å²) in [5.74, 6) is -1.41. The molecule has 1 aromatic carbocycles. The number of halogens is 5. The highest BCUT2D eigenvalue weighted by molar-refractivity contribution is 5.98. The minimum atomic E-state index is -4.85. The van der Waals surface area contributed by atoms with E-state index in [1.165, 1.54) is 15.9 Å². The van der Waals surface area contributed by atoms with E-state index in [0.29, 0.717) is 0 Å². The van der Waals surface area contributed by atoms with Crippen molar-refractivity contribution in [1.29, 1.82) is 0 Å². The summed E-state index contributed by atoms with van der Waals surface area (Å²) in [5.41, 5.74) is 3.48. The van der Waals surface area contributed by atoms with Gasteiger partial charge in [-0.05, 0) is 23.6 Å². The summed E-state index contributed by atoms with van der Waals surface area (Å²) in [4.78, 5) is 27.2. The summed E-state index contributed by atoms with van der Waals surface area (Å²) in [5, 5.41) is 2.20. The molecule has 0 unspecified atom stereocenters. The first-order valence-electron chi connectivity index (χ1n) is 10.4. The lowest BCUT2D eigenvalue weighted by atomic mass is 9.95. The van der Waals surface area contributed by atoms with Gasteiger partial charge in [-0.3, -0.25) is 14.5 Å². The van der Waals surface area contributed by atoms with Gasteiger partial charge in [-0.2, -0.15) is 13.2 Å². The minimum absolute atomic E-state index is 0.0102. The molecule has 0 aliphatic carbocycles. The Morgan fingerprint density at radius 3 is 2.45 bits per heavy atom. The molecule has 0 saturated carbocycles. The van der Waals surface area contributed by atoms with Gasteiger partial charge < -0.3 is 20.7 Å². The first-order chi connectivity index (χ1) is 15.2. The Balaban J connectivity index is 2.34. The van der Waals surface area contributed by atoms with Gasteiger partial charge in [0.15, 0.2) is 0 Å². The zero-order valence-corrected chi connectivity index (χ0v) is 18.7. The van der Waals surface area contributed by atoms with Crippen molar-refractivity contribution in [3.05, 3.63) is 23.8 Å². The smallest absolute Gasteiger partial charge is 0.370 e. The Labute approximate surface area is 189 Å². The number of nitrogens with two attached hydrogens (primary N) is 1. The first-order valence-corrected chi connectivity index (χ1v) is 10.4. The standard InChI is InChI=1S/C21H29F5N4O3/c1-20(2,3)12-29(10-17(22)23)16(9-27)19(32)28-15-5-4-13(8-14(15)21(24,25)26)30-6-7-33-11-18(30)31/h4-5,8,16-17H,6-7,9-12,27H2,1-3H3,(H,28,32)/t16-/m0/s1. The Morgan fingerprint density at radius 2 is 1.94 bits per heavy atom. The predicted octanol–water partition coefficient (Wildman–Crippen LogP) is 2.95. The largest absolute Gasteiger partial charge is 0.418 e. The number of nitrogens with one attached hydrogen (secondary N) is 1. The fourth-order valence-corrected chi connectivity index (χ4v) is 3.56. The van der Waals surface area contributed by atoms with Crippen molar-refractivity contribution in [3.8, 4) is 0 Å². The summed E-state index contributed by atoms with van der Waals surface area (Å²) in [6.07, 6.45) is -7.61. The van der Waals surface area contributed by atoms with E-state index >= 15 is 0 Å². The summed E-state index contributed by atoms with van der Waals surface area (Å²) >= 11 is 0. The molecule has 0 spiro atoms. The highest BCUT2D eigenvalue weighted by Crippen LogP contribution is 2.38. The molecule has 12 heteroatoms. The molecule has 186 valence electrons. The molecule has 3 N–H and O–H groups in total. The van der Waals surface area contributed by atoms with E-state index in [4.69, 9.17) is 10.5 Å². The number of morpholine rings is 1. The average Bonchev–Trinajstić information content (AvgIpc) is 2.66. The van der Waals surface area contributed by atoms with Crippen LogP contribution in [-0.2, 0) is 20.5 Å². The molecule has 1 aliphatic heterocycles. The normalized spacial score (nSPS) is 16.5. The van der Waals surface area contributed by atoms with Gasteiger partial charge in [-0.25, -0.2) is 8.78 Å². The van der Waals surface area contributed by atoms with E-state index in [2.05, 4.69) is 5.32 Å². The molecule has 1 heterocycles. The molecule has 0 bridgehead atoms. The molecule has 33 heavy (non-hydrogen) atoms. The minimum Gasteiger partial charge on any atom is -0.370 e. The second-order valence-electron chi connectivity index (χ2n) is 8.95. The Kier molecular flexibility index (Phi) is 8.77. The predicted molar refractivity (Wildman–Crippen MR) is 113 cm³/mol. The van der Waals surface area contributed by atoms with Crippen molar-refractivity contribution in [2.75, 3.05) is 49.6 Å².